The van der Waals surface area contributed by atoms with E-state index in [4.69, 9.17) is 16.6 Å². The van der Waals surface area contributed by atoms with Gasteiger partial charge in [-0.05, 0) is 85.6 Å². The molecule has 1 aromatic carbocycles. The lowest BCUT2D eigenvalue weighted by molar-refractivity contribution is -0.122. The number of benzene rings is 1. The van der Waals surface area contributed by atoms with E-state index in [0.717, 1.165) is 28.3 Å². The minimum Gasteiger partial charge on any atom is -0.316 e. The lowest BCUT2D eigenvalue weighted by Crippen LogP contribution is -2.32. The van der Waals surface area contributed by atoms with Crippen molar-refractivity contribution in [2.24, 2.45) is 10.9 Å². The Hall–Kier alpha value is -2.83. The number of thioether (sulfide) groups is 1. The maximum atomic E-state index is 13.3. The zero-order chi connectivity index (χ0) is 22.8. The molecule has 1 aliphatic heterocycles. The van der Waals surface area contributed by atoms with E-state index in [1.165, 1.54) is 11.8 Å². The molecule has 1 fully saturated rings. The number of pyridine rings is 1. The Labute approximate surface area is 197 Å². The zero-order valence-corrected chi connectivity index (χ0v) is 20.1. The molecule has 0 bridgehead atoms. The van der Waals surface area contributed by atoms with Gasteiger partial charge in [-0.3, -0.25) is 14.7 Å². The average molecular weight is 465 g/mol. The summed E-state index contributed by atoms with van der Waals surface area (Å²) in [4.78, 5) is 24.7. The molecule has 0 radical (unpaired) electrons. The van der Waals surface area contributed by atoms with E-state index < -0.39 is 0 Å². The number of amidine groups is 1. The van der Waals surface area contributed by atoms with Gasteiger partial charge < -0.3 is 4.57 Å². The van der Waals surface area contributed by atoms with Crippen molar-refractivity contribution in [1.29, 1.82) is 0 Å². The van der Waals surface area contributed by atoms with E-state index in [0.29, 0.717) is 27.6 Å². The fraction of sp³-hybridized carbons (Fsp3) is 0.240. The number of carbonyl (C=O) groups is 1. The number of nitrogens with zero attached hydrogens (tertiary/aromatic N) is 4. The molecule has 4 rings (SSSR count). The normalized spacial score (nSPS) is 16.7. The lowest BCUT2D eigenvalue weighted by Gasteiger charge is -2.17. The van der Waals surface area contributed by atoms with Crippen LogP contribution in [0.2, 0.25) is 5.02 Å². The number of amides is 1. The number of rotatable bonds is 5. The summed E-state index contributed by atoms with van der Waals surface area (Å²) < 4.78 is 2.15. The molecule has 0 spiro atoms. The van der Waals surface area contributed by atoms with Crippen LogP contribution in [0, 0.1) is 19.8 Å². The van der Waals surface area contributed by atoms with Gasteiger partial charge in [-0.2, -0.15) is 0 Å². The summed E-state index contributed by atoms with van der Waals surface area (Å²) in [6.45, 7) is 8.93. The summed E-state index contributed by atoms with van der Waals surface area (Å²) in [6.07, 6.45) is 5.58. The van der Waals surface area contributed by atoms with Crippen LogP contribution in [0.5, 0.6) is 0 Å². The molecule has 1 saturated heterocycles. The number of carbonyl (C=O) groups excluding carboxylic acids is 1. The summed E-state index contributed by atoms with van der Waals surface area (Å²) in [5.41, 5.74) is 4.94. The highest BCUT2D eigenvalue weighted by Crippen LogP contribution is 2.36. The van der Waals surface area contributed by atoms with Crippen LogP contribution >= 0.6 is 23.4 Å². The first-order valence-electron chi connectivity index (χ1n) is 10.5. The minimum atomic E-state index is -0.0115. The van der Waals surface area contributed by atoms with Gasteiger partial charge in [0.25, 0.3) is 5.91 Å². The van der Waals surface area contributed by atoms with Crippen molar-refractivity contribution >= 4 is 46.2 Å². The fourth-order valence-corrected chi connectivity index (χ4v) is 4.83. The standard InChI is InChI=1S/C25H25ClN4OS/c1-16(2)15-29-24(31)23(32-25(29)28-21-9-7-20(26)8-10-21)13-19-12-17(3)30(18(19)4)22-6-5-11-27-14-22/h5-14,16H,15H2,1-4H3/b23-13-,28-25?. The van der Waals surface area contributed by atoms with Gasteiger partial charge in [0.05, 0.1) is 22.5 Å². The van der Waals surface area contributed by atoms with Crippen LogP contribution < -0.4 is 0 Å². The van der Waals surface area contributed by atoms with Crippen LogP contribution in [0.1, 0.15) is 30.8 Å². The maximum Gasteiger partial charge on any atom is 0.266 e. The Morgan fingerprint density at radius 3 is 2.59 bits per heavy atom. The topological polar surface area (TPSA) is 50.5 Å². The molecule has 3 heterocycles. The molecule has 1 aliphatic rings. The highest BCUT2D eigenvalue weighted by molar-refractivity contribution is 8.18. The molecule has 0 saturated carbocycles. The largest absolute Gasteiger partial charge is 0.316 e. The molecule has 0 unspecified atom stereocenters. The second kappa shape index (κ2) is 9.35. The van der Waals surface area contributed by atoms with Gasteiger partial charge in [-0.1, -0.05) is 25.4 Å². The predicted molar refractivity (Wildman–Crippen MR) is 134 cm³/mol. The molecule has 32 heavy (non-hydrogen) atoms. The third-order valence-electron chi connectivity index (χ3n) is 5.15. The van der Waals surface area contributed by atoms with Crippen LogP contribution in [0.3, 0.4) is 0 Å². The van der Waals surface area contributed by atoms with Crippen molar-refractivity contribution in [3.05, 3.63) is 81.7 Å². The van der Waals surface area contributed by atoms with E-state index in [1.807, 2.05) is 36.5 Å². The van der Waals surface area contributed by atoms with Gasteiger partial charge in [0.15, 0.2) is 5.17 Å². The molecular formula is C25H25ClN4OS. The minimum absolute atomic E-state index is 0.0115. The summed E-state index contributed by atoms with van der Waals surface area (Å²) in [7, 11) is 0. The fourth-order valence-electron chi connectivity index (χ4n) is 3.70. The molecular weight excluding hydrogens is 440 g/mol. The van der Waals surface area contributed by atoms with Gasteiger partial charge >= 0.3 is 0 Å². The van der Waals surface area contributed by atoms with Gasteiger partial charge in [0.2, 0.25) is 0 Å². The van der Waals surface area contributed by atoms with Crippen LogP contribution in [-0.4, -0.2) is 32.1 Å². The Balaban J connectivity index is 1.71. The monoisotopic (exact) mass is 464 g/mol. The van der Waals surface area contributed by atoms with Gasteiger partial charge in [-0.15, -0.1) is 0 Å². The molecule has 1 amide bonds. The lowest BCUT2D eigenvalue weighted by atomic mass is 10.2. The van der Waals surface area contributed by atoms with E-state index >= 15 is 0 Å². The van der Waals surface area contributed by atoms with Crippen molar-refractivity contribution in [2.75, 3.05) is 6.54 Å². The second-order valence-corrected chi connectivity index (χ2v) is 9.61. The number of hydrogen-bond donors (Lipinski definition) is 0. The van der Waals surface area contributed by atoms with E-state index in [9.17, 15) is 4.79 Å². The van der Waals surface area contributed by atoms with E-state index in [2.05, 4.69) is 43.3 Å². The molecule has 0 atom stereocenters. The molecule has 164 valence electrons. The summed E-state index contributed by atoms with van der Waals surface area (Å²) in [5.74, 6) is 0.313. The van der Waals surface area contributed by atoms with Crippen LogP contribution in [0.25, 0.3) is 11.8 Å². The molecule has 5 nitrogen and oxygen atoms in total. The first kappa shape index (κ1) is 22.4. The summed E-state index contributed by atoms with van der Waals surface area (Å²) in [5, 5.41) is 1.35. The SMILES string of the molecule is Cc1cc(/C=C2\SC(=Nc3ccc(Cl)cc3)N(CC(C)C)C2=O)c(C)n1-c1cccnc1. The van der Waals surface area contributed by atoms with Crippen molar-refractivity contribution < 1.29 is 4.79 Å². The third-order valence-corrected chi connectivity index (χ3v) is 6.41. The second-order valence-electron chi connectivity index (χ2n) is 8.16. The van der Waals surface area contributed by atoms with Gasteiger partial charge in [0.1, 0.15) is 0 Å². The highest BCUT2D eigenvalue weighted by Gasteiger charge is 2.34. The predicted octanol–water partition coefficient (Wildman–Crippen LogP) is 6.40. The first-order chi connectivity index (χ1) is 15.3. The molecule has 3 aromatic rings. The maximum absolute atomic E-state index is 13.3. The van der Waals surface area contributed by atoms with Crippen LogP contribution in [0.4, 0.5) is 5.69 Å². The molecule has 0 N–H and O–H groups in total. The quantitative estimate of drug-likeness (QED) is 0.410. The Kier molecular flexibility index (Phi) is 6.53. The van der Waals surface area contributed by atoms with Gasteiger partial charge in [0, 0.05) is 29.2 Å². The van der Waals surface area contributed by atoms with E-state index in [-0.39, 0.29) is 5.91 Å². The number of aryl methyl sites for hydroxylation is 1. The van der Waals surface area contributed by atoms with Crippen molar-refractivity contribution in [2.45, 2.75) is 27.7 Å². The zero-order valence-electron chi connectivity index (χ0n) is 18.5. The van der Waals surface area contributed by atoms with Crippen LogP contribution in [-0.2, 0) is 4.79 Å². The van der Waals surface area contributed by atoms with Crippen molar-refractivity contribution in [1.82, 2.24) is 14.5 Å². The Morgan fingerprint density at radius 1 is 1.19 bits per heavy atom. The molecule has 2 aromatic heterocycles. The first-order valence-corrected chi connectivity index (χ1v) is 11.7. The Morgan fingerprint density at radius 2 is 1.94 bits per heavy atom. The summed E-state index contributed by atoms with van der Waals surface area (Å²) in [6, 6.07) is 13.4. The van der Waals surface area contributed by atoms with Crippen LogP contribution in [0.15, 0.2) is 64.8 Å². The Bertz CT molecular complexity index is 1200. The average Bonchev–Trinajstić information content (AvgIpc) is 3.20. The highest BCUT2D eigenvalue weighted by atomic mass is 35.5. The molecule has 0 aliphatic carbocycles. The molecule has 7 heteroatoms. The number of hydrogen-bond acceptors (Lipinski definition) is 4. The number of aliphatic imine (C=N–C) groups is 1. The van der Waals surface area contributed by atoms with Crippen molar-refractivity contribution in [3.8, 4) is 5.69 Å². The van der Waals surface area contributed by atoms with Gasteiger partial charge in [-0.25, -0.2) is 4.99 Å². The van der Waals surface area contributed by atoms with Crippen molar-refractivity contribution in [3.63, 3.8) is 0 Å². The summed E-state index contributed by atoms with van der Waals surface area (Å²) >= 11 is 7.42. The van der Waals surface area contributed by atoms with E-state index in [1.54, 1.807) is 23.2 Å². The third kappa shape index (κ3) is 4.66. The number of halogens is 1. The number of aromatic nitrogens is 2. The smallest absolute Gasteiger partial charge is 0.266 e.